The van der Waals surface area contributed by atoms with Crippen molar-refractivity contribution in [2.45, 2.75) is 6.92 Å². The molecule has 1 heterocycles. The lowest BCUT2D eigenvalue weighted by Gasteiger charge is -2.14. The lowest BCUT2D eigenvalue weighted by Crippen LogP contribution is -2.21. The van der Waals surface area contributed by atoms with Gasteiger partial charge in [0, 0.05) is 18.0 Å². The summed E-state index contributed by atoms with van der Waals surface area (Å²) < 4.78 is 0. The number of ketones is 1. The Hall–Kier alpha value is -1.67. The second kappa shape index (κ2) is 4.54. The lowest BCUT2D eigenvalue weighted by molar-refractivity contribution is 0.0909. The summed E-state index contributed by atoms with van der Waals surface area (Å²) >= 11 is 0. The van der Waals surface area contributed by atoms with Gasteiger partial charge in [-0.3, -0.25) is 4.79 Å². The van der Waals surface area contributed by atoms with Crippen LogP contribution in [0, 0.1) is 11.8 Å². The maximum Gasteiger partial charge on any atom is 0.168 e. The van der Waals surface area contributed by atoms with E-state index in [2.05, 4.69) is 24.4 Å². The van der Waals surface area contributed by atoms with Gasteiger partial charge in [-0.2, -0.15) is 0 Å². The lowest BCUT2D eigenvalue weighted by atomic mass is 9.88. The molecule has 0 bridgehead atoms. The highest BCUT2D eigenvalue weighted by Gasteiger charge is 2.30. The van der Waals surface area contributed by atoms with Crippen LogP contribution in [-0.4, -0.2) is 18.9 Å². The Labute approximate surface area is 107 Å². The van der Waals surface area contributed by atoms with Crippen LogP contribution in [0.25, 0.3) is 10.8 Å². The molecule has 0 amide bonds. The average molecular weight is 239 g/mol. The standard InChI is InChI=1S/C16H17NO/c1-11-9-17-10-15(11)16(18)14-8-4-6-12-5-2-3-7-13(12)14/h2-8,11,15,17H,9-10H2,1H3. The molecule has 2 heteroatoms. The molecular formula is C16H17NO. The molecule has 1 aliphatic heterocycles. The van der Waals surface area contributed by atoms with Crippen LogP contribution in [0.3, 0.4) is 0 Å². The fraction of sp³-hybridized carbons (Fsp3) is 0.312. The predicted octanol–water partition coefficient (Wildman–Crippen LogP) is 2.88. The van der Waals surface area contributed by atoms with Crippen LogP contribution in [0.5, 0.6) is 0 Å². The SMILES string of the molecule is CC1CNCC1C(=O)c1cccc2ccccc12. The van der Waals surface area contributed by atoms with Crippen LogP contribution >= 0.6 is 0 Å². The predicted molar refractivity (Wildman–Crippen MR) is 73.8 cm³/mol. The topological polar surface area (TPSA) is 29.1 Å². The number of nitrogens with one attached hydrogen (secondary N) is 1. The minimum absolute atomic E-state index is 0.121. The fourth-order valence-corrected chi connectivity index (χ4v) is 2.80. The van der Waals surface area contributed by atoms with Crippen molar-refractivity contribution in [3.63, 3.8) is 0 Å². The highest BCUT2D eigenvalue weighted by Crippen LogP contribution is 2.25. The molecule has 2 atom stereocenters. The smallest absolute Gasteiger partial charge is 0.168 e. The van der Waals surface area contributed by atoms with Crippen LogP contribution in [-0.2, 0) is 0 Å². The van der Waals surface area contributed by atoms with Gasteiger partial charge in [0.2, 0.25) is 0 Å². The molecule has 1 aliphatic rings. The fourth-order valence-electron chi connectivity index (χ4n) is 2.80. The van der Waals surface area contributed by atoms with E-state index in [0.717, 1.165) is 29.4 Å². The van der Waals surface area contributed by atoms with E-state index in [1.165, 1.54) is 0 Å². The molecule has 0 radical (unpaired) electrons. The van der Waals surface area contributed by atoms with Crippen molar-refractivity contribution in [3.8, 4) is 0 Å². The second-order valence-electron chi connectivity index (χ2n) is 5.13. The van der Waals surface area contributed by atoms with Gasteiger partial charge in [0.25, 0.3) is 0 Å². The molecule has 0 saturated carbocycles. The third kappa shape index (κ3) is 1.83. The molecular weight excluding hydrogens is 222 g/mol. The second-order valence-corrected chi connectivity index (χ2v) is 5.13. The van der Waals surface area contributed by atoms with E-state index in [4.69, 9.17) is 0 Å². The summed E-state index contributed by atoms with van der Waals surface area (Å²) in [6, 6.07) is 14.1. The maximum absolute atomic E-state index is 12.6. The molecule has 18 heavy (non-hydrogen) atoms. The van der Waals surface area contributed by atoms with Gasteiger partial charge in [-0.15, -0.1) is 0 Å². The molecule has 1 fully saturated rings. The van der Waals surface area contributed by atoms with Gasteiger partial charge in [0.1, 0.15) is 0 Å². The Kier molecular flexibility index (Phi) is 2.88. The summed E-state index contributed by atoms with van der Waals surface area (Å²) in [5, 5.41) is 5.51. The zero-order valence-electron chi connectivity index (χ0n) is 10.5. The molecule has 1 N–H and O–H groups in total. The van der Waals surface area contributed by atoms with E-state index < -0.39 is 0 Å². The number of hydrogen-bond acceptors (Lipinski definition) is 2. The summed E-state index contributed by atoms with van der Waals surface area (Å²) in [5.41, 5.74) is 0.869. The highest BCUT2D eigenvalue weighted by atomic mass is 16.1. The van der Waals surface area contributed by atoms with Crippen molar-refractivity contribution in [2.75, 3.05) is 13.1 Å². The molecule has 2 aromatic rings. The van der Waals surface area contributed by atoms with Gasteiger partial charge in [-0.25, -0.2) is 0 Å². The molecule has 2 unspecified atom stereocenters. The van der Waals surface area contributed by atoms with E-state index in [-0.39, 0.29) is 11.7 Å². The normalized spacial score (nSPS) is 23.4. The number of hydrogen-bond donors (Lipinski definition) is 1. The number of carbonyl (C=O) groups excluding carboxylic acids is 1. The van der Waals surface area contributed by atoms with Gasteiger partial charge in [-0.05, 0) is 23.2 Å². The number of carbonyl (C=O) groups is 1. The Morgan fingerprint density at radius 3 is 2.67 bits per heavy atom. The molecule has 2 nitrogen and oxygen atoms in total. The first-order chi connectivity index (χ1) is 8.77. The summed E-state index contributed by atoms with van der Waals surface area (Å²) in [4.78, 5) is 12.6. The minimum Gasteiger partial charge on any atom is -0.316 e. The zero-order chi connectivity index (χ0) is 12.5. The van der Waals surface area contributed by atoms with Crippen LogP contribution < -0.4 is 5.32 Å². The van der Waals surface area contributed by atoms with Crippen molar-refractivity contribution >= 4 is 16.6 Å². The monoisotopic (exact) mass is 239 g/mol. The van der Waals surface area contributed by atoms with E-state index in [1.54, 1.807) is 0 Å². The van der Waals surface area contributed by atoms with E-state index in [1.807, 2.05) is 30.3 Å². The Bertz CT molecular complexity index is 585. The number of fused-ring (bicyclic) bond motifs is 1. The van der Waals surface area contributed by atoms with E-state index in [0.29, 0.717) is 5.92 Å². The first kappa shape index (κ1) is 11.4. The maximum atomic E-state index is 12.6. The molecule has 0 aromatic heterocycles. The summed E-state index contributed by atoms with van der Waals surface area (Å²) in [6.07, 6.45) is 0. The van der Waals surface area contributed by atoms with E-state index >= 15 is 0 Å². The molecule has 2 aromatic carbocycles. The van der Waals surface area contributed by atoms with Crippen LogP contribution in [0.4, 0.5) is 0 Å². The van der Waals surface area contributed by atoms with Crippen molar-refractivity contribution in [1.29, 1.82) is 0 Å². The van der Waals surface area contributed by atoms with Crippen LogP contribution in [0.2, 0.25) is 0 Å². The first-order valence-electron chi connectivity index (χ1n) is 6.50. The molecule has 0 aliphatic carbocycles. The Morgan fingerprint density at radius 2 is 1.89 bits per heavy atom. The molecule has 1 saturated heterocycles. The molecule has 3 rings (SSSR count). The summed E-state index contributed by atoms with van der Waals surface area (Å²) in [7, 11) is 0. The zero-order valence-corrected chi connectivity index (χ0v) is 10.5. The summed E-state index contributed by atoms with van der Waals surface area (Å²) in [6.45, 7) is 3.90. The third-order valence-electron chi connectivity index (χ3n) is 3.91. The summed E-state index contributed by atoms with van der Waals surface area (Å²) in [5.74, 6) is 0.830. The van der Waals surface area contributed by atoms with Gasteiger partial charge < -0.3 is 5.32 Å². The number of benzene rings is 2. The van der Waals surface area contributed by atoms with Gasteiger partial charge in [0.05, 0.1) is 0 Å². The third-order valence-corrected chi connectivity index (χ3v) is 3.91. The molecule has 92 valence electrons. The number of rotatable bonds is 2. The Balaban J connectivity index is 2.06. The average Bonchev–Trinajstić information content (AvgIpc) is 2.83. The quantitative estimate of drug-likeness (QED) is 0.816. The van der Waals surface area contributed by atoms with Gasteiger partial charge >= 0.3 is 0 Å². The van der Waals surface area contributed by atoms with Crippen molar-refractivity contribution in [2.24, 2.45) is 11.8 Å². The van der Waals surface area contributed by atoms with Crippen LogP contribution in [0.15, 0.2) is 42.5 Å². The largest absolute Gasteiger partial charge is 0.316 e. The minimum atomic E-state index is 0.121. The van der Waals surface area contributed by atoms with E-state index in [9.17, 15) is 4.79 Å². The first-order valence-corrected chi connectivity index (χ1v) is 6.50. The van der Waals surface area contributed by atoms with Gasteiger partial charge in [0.15, 0.2) is 5.78 Å². The number of Topliss-reactive ketones (excluding diaryl/α,β-unsaturated/α-hetero) is 1. The Morgan fingerprint density at radius 1 is 1.11 bits per heavy atom. The molecule has 0 spiro atoms. The van der Waals surface area contributed by atoms with Crippen molar-refractivity contribution < 1.29 is 4.79 Å². The van der Waals surface area contributed by atoms with Crippen molar-refractivity contribution in [1.82, 2.24) is 5.32 Å². The van der Waals surface area contributed by atoms with Gasteiger partial charge in [-0.1, -0.05) is 49.4 Å². The van der Waals surface area contributed by atoms with Crippen molar-refractivity contribution in [3.05, 3.63) is 48.0 Å². The highest BCUT2D eigenvalue weighted by molar-refractivity contribution is 6.09. The van der Waals surface area contributed by atoms with Crippen LogP contribution in [0.1, 0.15) is 17.3 Å².